The Morgan fingerprint density at radius 2 is 2.04 bits per heavy atom. The summed E-state index contributed by atoms with van der Waals surface area (Å²) in [6, 6.07) is 6.06. The summed E-state index contributed by atoms with van der Waals surface area (Å²) < 4.78 is 2.05. The van der Waals surface area contributed by atoms with Crippen molar-refractivity contribution in [2.45, 2.75) is 13.5 Å². The highest BCUT2D eigenvalue weighted by Gasteiger charge is 2.20. The summed E-state index contributed by atoms with van der Waals surface area (Å²) in [6.45, 7) is 8.41. The molecule has 1 N–H and O–H groups in total. The van der Waals surface area contributed by atoms with Crippen LogP contribution in [-0.2, 0) is 6.54 Å². The lowest BCUT2D eigenvalue weighted by molar-refractivity contribution is 0.371. The Labute approximate surface area is 166 Å². The van der Waals surface area contributed by atoms with Crippen molar-refractivity contribution in [3.8, 4) is 0 Å². The van der Waals surface area contributed by atoms with Gasteiger partial charge in [-0.25, -0.2) is 9.97 Å². The number of hydrogen-bond acceptors (Lipinski definition) is 4. The Morgan fingerprint density at radius 1 is 1.20 bits per heavy atom. The van der Waals surface area contributed by atoms with Gasteiger partial charge in [-0.05, 0) is 19.1 Å². The van der Waals surface area contributed by atoms with Crippen molar-refractivity contribution >= 4 is 35.8 Å². The Balaban J connectivity index is 0.00000225. The van der Waals surface area contributed by atoms with Crippen LogP contribution in [0.3, 0.4) is 0 Å². The zero-order valence-corrected chi connectivity index (χ0v) is 16.9. The van der Waals surface area contributed by atoms with E-state index >= 15 is 0 Å². The second-order valence-electron chi connectivity index (χ2n) is 5.70. The minimum Gasteiger partial charge on any atom is -0.357 e. The van der Waals surface area contributed by atoms with Gasteiger partial charge in [-0.1, -0.05) is 6.07 Å². The molecular formula is C17H26IN7. The summed E-state index contributed by atoms with van der Waals surface area (Å²) in [6.07, 6.45) is 7.44. The van der Waals surface area contributed by atoms with Gasteiger partial charge in [0.25, 0.3) is 0 Å². The molecule has 1 aliphatic rings. The fourth-order valence-corrected chi connectivity index (χ4v) is 2.80. The lowest BCUT2D eigenvalue weighted by Gasteiger charge is -2.37. The number of hydrogen-bond donors (Lipinski definition) is 1. The van der Waals surface area contributed by atoms with E-state index in [0.29, 0.717) is 0 Å². The molecule has 25 heavy (non-hydrogen) atoms. The maximum atomic E-state index is 4.76. The minimum absolute atomic E-state index is 0. The van der Waals surface area contributed by atoms with Crippen LogP contribution in [0.4, 0.5) is 5.82 Å². The third-order valence-electron chi connectivity index (χ3n) is 4.07. The highest BCUT2D eigenvalue weighted by molar-refractivity contribution is 14.0. The molecule has 0 spiro atoms. The molecule has 0 saturated carbocycles. The average Bonchev–Trinajstić information content (AvgIpc) is 3.15. The molecule has 0 atom stereocenters. The number of nitrogens with zero attached hydrogens (tertiary/aromatic N) is 6. The van der Waals surface area contributed by atoms with Crippen molar-refractivity contribution in [3.05, 3.63) is 43.1 Å². The normalized spacial score (nSPS) is 15.0. The van der Waals surface area contributed by atoms with Gasteiger partial charge in [-0.2, -0.15) is 0 Å². The van der Waals surface area contributed by atoms with Crippen molar-refractivity contribution in [2.24, 2.45) is 4.99 Å². The van der Waals surface area contributed by atoms with Crippen LogP contribution in [0.1, 0.15) is 6.92 Å². The average molecular weight is 455 g/mol. The van der Waals surface area contributed by atoms with Crippen molar-refractivity contribution < 1.29 is 0 Å². The molecule has 0 aromatic carbocycles. The van der Waals surface area contributed by atoms with Gasteiger partial charge < -0.3 is 19.7 Å². The summed E-state index contributed by atoms with van der Waals surface area (Å²) in [7, 11) is 0. The van der Waals surface area contributed by atoms with Crippen molar-refractivity contribution in [3.63, 3.8) is 0 Å². The van der Waals surface area contributed by atoms with Gasteiger partial charge in [-0.3, -0.25) is 4.99 Å². The van der Waals surface area contributed by atoms with Crippen LogP contribution >= 0.6 is 24.0 Å². The van der Waals surface area contributed by atoms with Crippen LogP contribution in [0.5, 0.6) is 0 Å². The molecule has 3 rings (SSSR count). The predicted octanol–water partition coefficient (Wildman–Crippen LogP) is 1.68. The number of rotatable bonds is 5. The molecule has 2 aromatic rings. The molecule has 0 radical (unpaired) electrons. The monoisotopic (exact) mass is 455 g/mol. The lowest BCUT2D eigenvalue weighted by atomic mass is 10.3. The van der Waals surface area contributed by atoms with E-state index in [4.69, 9.17) is 4.99 Å². The fourth-order valence-electron chi connectivity index (χ4n) is 2.80. The van der Waals surface area contributed by atoms with Crippen LogP contribution < -0.4 is 10.2 Å². The molecule has 0 unspecified atom stereocenters. The van der Waals surface area contributed by atoms with Crippen LogP contribution in [0.25, 0.3) is 0 Å². The molecule has 8 heteroatoms. The quantitative estimate of drug-likeness (QED) is 0.423. The first-order chi connectivity index (χ1) is 11.9. The van der Waals surface area contributed by atoms with Crippen molar-refractivity contribution in [2.75, 3.05) is 44.2 Å². The largest absolute Gasteiger partial charge is 0.357 e. The Bertz CT molecular complexity index is 622. The van der Waals surface area contributed by atoms with E-state index < -0.39 is 0 Å². The number of halogens is 1. The maximum Gasteiger partial charge on any atom is 0.194 e. The van der Waals surface area contributed by atoms with Gasteiger partial charge in [-0.15, -0.1) is 24.0 Å². The number of aliphatic imine (C=N–C) groups is 1. The van der Waals surface area contributed by atoms with E-state index in [9.17, 15) is 0 Å². The third-order valence-corrected chi connectivity index (χ3v) is 4.07. The molecule has 1 fully saturated rings. The van der Waals surface area contributed by atoms with Gasteiger partial charge in [0.1, 0.15) is 5.82 Å². The Morgan fingerprint density at radius 3 is 2.68 bits per heavy atom. The zero-order chi connectivity index (χ0) is 16.6. The highest BCUT2D eigenvalue weighted by atomic mass is 127. The third kappa shape index (κ3) is 5.58. The molecular weight excluding hydrogens is 429 g/mol. The number of anilines is 1. The first-order valence-electron chi connectivity index (χ1n) is 8.52. The van der Waals surface area contributed by atoms with Gasteiger partial charge in [0.2, 0.25) is 0 Å². The predicted molar refractivity (Wildman–Crippen MR) is 112 cm³/mol. The van der Waals surface area contributed by atoms with Gasteiger partial charge in [0.15, 0.2) is 5.96 Å². The number of imidazole rings is 1. The van der Waals surface area contributed by atoms with E-state index in [-0.39, 0.29) is 24.0 Å². The standard InChI is InChI=1S/C17H25N7.HI/c1-2-19-17(21-8-10-22-9-7-18-15-22)24-13-11-23(12-14-24)16-5-3-4-6-20-16;/h3-7,9,15H,2,8,10-14H2,1H3,(H,19,21);1H. The second kappa shape index (κ2) is 10.2. The SMILES string of the molecule is CCNC(=NCCn1ccnc1)N1CCN(c2ccccn2)CC1.I. The first-order valence-corrected chi connectivity index (χ1v) is 8.52. The molecule has 136 valence electrons. The lowest BCUT2D eigenvalue weighted by Crippen LogP contribution is -2.52. The molecule has 0 bridgehead atoms. The van der Waals surface area contributed by atoms with E-state index in [0.717, 1.165) is 57.6 Å². The van der Waals surface area contributed by atoms with E-state index in [1.807, 2.05) is 35.4 Å². The van der Waals surface area contributed by atoms with Crippen LogP contribution in [0, 0.1) is 0 Å². The van der Waals surface area contributed by atoms with Gasteiger partial charge in [0, 0.05) is 57.9 Å². The summed E-state index contributed by atoms with van der Waals surface area (Å²) in [5.74, 6) is 2.05. The van der Waals surface area contributed by atoms with Crippen LogP contribution in [-0.4, -0.2) is 64.7 Å². The topological polar surface area (TPSA) is 61.6 Å². The molecule has 2 aromatic heterocycles. The minimum atomic E-state index is 0. The number of pyridine rings is 1. The molecule has 1 aliphatic heterocycles. The van der Waals surface area contributed by atoms with E-state index in [1.54, 1.807) is 6.20 Å². The molecule has 7 nitrogen and oxygen atoms in total. The Kier molecular flexibility index (Phi) is 7.96. The highest BCUT2D eigenvalue weighted by Crippen LogP contribution is 2.12. The smallest absolute Gasteiger partial charge is 0.194 e. The number of guanidine groups is 1. The molecule has 0 amide bonds. The molecule has 1 saturated heterocycles. The first kappa shape index (κ1) is 19.5. The number of aromatic nitrogens is 3. The van der Waals surface area contributed by atoms with Crippen LogP contribution in [0.15, 0.2) is 48.1 Å². The van der Waals surface area contributed by atoms with E-state index in [2.05, 4.69) is 38.1 Å². The summed E-state index contributed by atoms with van der Waals surface area (Å²) in [4.78, 5) is 17.9. The van der Waals surface area contributed by atoms with Gasteiger partial charge in [0.05, 0.1) is 12.9 Å². The summed E-state index contributed by atoms with van der Waals surface area (Å²) >= 11 is 0. The zero-order valence-electron chi connectivity index (χ0n) is 14.6. The van der Waals surface area contributed by atoms with Gasteiger partial charge >= 0.3 is 0 Å². The summed E-state index contributed by atoms with van der Waals surface area (Å²) in [5, 5.41) is 3.40. The van der Waals surface area contributed by atoms with E-state index in [1.165, 1.54) is 0 Å². The maximum absolute atomic E-state index is 4.76. The number of piperazine rings is 1. The van der Waals surface area contributed by atoms with Crippen molar-refractivity contribution in [1.82, 2.24) is 24.8 Å². The molecule has 3 heterocycles. The fraction of sp³-hybridized carbons (Fsp3) is 0.471. The number of nitrogens with one attached hydrogen (secondary N) is 1. The van der Waals surface area contributed by atoms with Crippen molar-refractivity contribution in [1.29, 1.82) is 0 Å². The second-order valence-corrected chi connectivity index (χ2v) is 5.70. The van der Waals surface area contributed by atoms with Crippen LogP contribution in [0.2, 0.25) is 0 Å². The molecule has 0 aliphatic carbocycles. The Hall–Kier alpha value is -1.84. The summed E-state index contributed by atoms with van der Waals surface area (Å²) in [5.41, 5.74) is 0.